The van der Waals surface area contributed by atoms with Crippen molar-refractivity contribution in [3.8, 4) is 22.6 Å². The topological polar surface area (TPSA) is 117 Å². The van der Waals surface area contributed by atoms with Crippen LogP contribution in [0.3, 0.4) is 0 Å². The first-order valence-electron chi connectivity index (χ1n) is 14.7. The number of aliphatic hydroxyl groups is 1. The number of methoxy groups -OCH3 is 2. The second-order valence-corrected chi connectivity index (χ2v) is 10.4. The smallest absolute Gasteiger partial charge is 0.305 e. The van der Waals surface area contributed by atoms with E-state index >= 15 is 0 Å². The Bertz CT molecular complexity index is 1610. The maximum absolute atomic E-state index is 14.1. The van der Waals surface area contributed by atoms with Gasteiger partial charge in [-0.1, -0.05) is 72.8 Å². The van der Waals surface area contributed by atoms with E-state index in [1.807, 2.05) is 42.5 Å². The highest BCUT2D eigenvalue weighted by Gasteiger charge is 2.24. The van der Waals surface area contributed by atoms with Crippen LogP contribution in [0.1, 0.15) is 38.3 Å². The number of nitrogens with zero attached hydrogens (tertiary/aromatic N) is 2. The SMILES string of the molecule is COc1ccc(CCN(CCC(=O)O)C(=O)c2ccccc2-c2ccccc2C(=O)N(CCO)Cc2ccccc2)cc1OC. The minimum Gasteiger partial charge on any atom is -0.493 e. The normalized spacial score (nSPS) is 10.6. The van der Waals surface area contributed by atoms with E-state index < -0.39 is 5.97 Å². The van der Waals surface area contributed by atoms with E-state index in [9.17, 15) is 24.6 Å². The van der Waals surface area contributed by atoms with Gasteiger partial charge < -0.3 is 29.5 Å². The molecule has 0 aliphatic rings. The number of carboxylic acids is 1. The lowest BCUT2D eigenvalue weighted by molar-refractivity contribution is -0.137. The Morgan fingerprint density at radius 1 is 0.644 bits per heavy atom. The summed E-state index contributed by atoms with van der Waals surface area (Å²) < 4.78 is 10.7. The van der Waals surface area contributed by atoms with E-state index in [2.05, 4.69) is 0 Å². The van der Waals surface area contributed by atoms with Crippen LogP contribution in [0.5, 0.6) is 11.5 Å². The molecule has 2 N–H and O–H groups in total. The van der Waals surface area contributed by atoms with Gasteiger partial charge in [-0.25, -0.2) is 0 Å². The Hall–Kier alpha value is -5.15. The number of carbonyl (C=O) groups excluding carboxylic acids is 2. The number of aliphatic carboxylic acids is 1. The number of hydrogen-bond donors (Lipinski definition) is 2. The third kappa shape index (κ3) is 8.49. The van der Waals surface area contributed by atoms with Crippen molar-refractivity contribution in [2.75, 3.05) is 40.5 Å². The Morgan fingerprint density at radius 2 is 1.22 bits per heavy atom. The molecule has 0 aliphatic heterocycles. The number of rotatable bonds is 15. The highest BCUT2D eigenvalue weighted by Crippen LogP contribution is 2.30. The Morgan fingerprint density at radius 3 is 1.80 bits per heavy atom. The van der Waals surface area contributed by atoms with Crippen molar-refractivity contribution in [2.24, 2.45) is 0 Å². The number of ether oxygens (including phenoxy) is 2. The highest BCUT2D eigenvalue weighted by molar-refractivity contribution is 6.06. The van der Waals surface area contributed by atoms with E-state index in [1.165, 1.54) is 4.90 Å². The summed E-state index contributed by atoms with van der Waals surface area (Å²) in [4.78, 5) is 42.7. The van der Waals surface area contributed by atoms with Crippen LogP contribution in [0.2, 0.25) is 0 Å². The molecule has 2 amide bonds. The van der Waals surface area contributed by atoms with Crippen molar-refractivity contribution in [3.63, 3.8) is 0 Å². The molecule has 0 heterocycles. The van der Waals surface area contributed by atoms with Gasteiger partial charge in [0.05, 0.1) is 27.2 Å². The van der Waals surface area contributed by atoms with Crippen molar-refractivity contribution in [1.29, 1.82) is 0 Å². The molecule has 0 radical (unpaired) electrons. The average Bonchev–Trinajstić information content (AvgIpc) is 3.07. The molecule has 0 atom stereocenters. The van der Waals surface area contributed by atoms with Crippen LogP contribution in [-0.2, 0) is 17.8 Å². The number of hydrogen-bond acceptors (Lipinski definition) is 6. The monoisotopic (exact) mass is 610 g/mol. The van der Waals surface area contributed by atoms with Gasteiger partial charge in [0, 0.05) is 37.3 Å². The standard InChI is InChI=1S/C36H38N2O7/c1-44-32-17-16-26(24-33(32)45-2)18-20-37(21-19-34(40)41)35(42)30-14-8-6-12-28(30)29-13-7-9-15-31(29)36(43)38(22-23-39)25-27-10-4-3-5-11-27/h3-17,24,39H,18-23,25H2,1-2H3,(H,40,41). The third-order valence-corrected chi connectivity index (χ3v) is 7.48. The summed E-state index contributed by atoms with van der Waals surface area (Å²) in [5.74, 6) is -0.477. The summed E-state index contributed by atoms with van der Waals surface area (Å²) in [5.41, 5.74) is 3.70. The molecule has 4 aromatic rings. The molecule has 4 rings (SSSR count). The lowest BCUT2D eigenvalue weighted by Crippen LogP contribution is -2.35. The summed E-state index contributed by atoms with van der Waals surface area (Å²) in [6, 6.07) is 29.2. The molecule has 0 saturated carbocycles. The fourth-order valence-corrected chi connectivity index (χ4v) is 5.17. The van der Waals surface area contributed by atoms with Gasteiger partial charge in [0.15, 0.2) is 11.5 Å². The minimum absolute atomic E-state index is 0.0116. The molecule has 0 spiro atoms. The van der Waals surface area contributed by atoms with Crippen molar-refractivity contribution in [1.82, 2.24) is 9.80 Å². The van der Waals surface area contributed by atoms with Crippen LogP contribution in [0.4, 0.5) is 0 Å². The van der Waals surface area contributed by atoms with Crippen molar-refractivity contribution >= 4 is 17.8 Å². The van der Waals surface area contributed by atoms with Crippen LogP contribution in [-0.4, -0.2) is 78.3 Å². The minimum atomic E-state index is -1.01. The van der Waals surface area contributed by atoms with Crippen molar-refractivity contribution < 1.29 is 34.1 Å². The van der Waals surface area contributed by atoms with Gasteiger partial charge in [-0.05, 0) is 52.9 Å². The van der Waals surface area contributed by atoms with Crippen LogP contribution in [0.15, 0.2) is 97.1 Å². The zero-order valence-electron chi connectivity index (χ0n) is 25.5. The van der Waals surface area contributed by atoms with Gasteiger partial charge in [0.25, 0.3) is 11.8 Å². The lowest BCUT2D eigenvalue weighted by Gasteiger charge is -2.25. The summed E-state index contributed by atoms with van der Waals surface area (Å²) >= 11 is 0. The molecule has 0 saturated heterocycles. The molecule has 0 unspecified atom stereocenters. The predicted octanol–water partition coefficient (Wildman–Crippen LogP) is 5.17. The molecule has 4 aromatic carbocycles. The molecular formula is C36H38N2O7. The van der Waals surface area contributed by atoms with E-state index in [-0.39, 0.29) is 44.5 Å². The Balaban J connectivity index is 1.66. The van der Waals surface area contributed by atoms with Gasteiger partial charge in [-0.3, -0.25) is 14.4 Å². The number of carbonyl (C=O) groups is 3. The number of aliphatic hydroxyl groups excluding tert-OH is 1. The summed E-state index contributed by atoms with van der Waals surface area (Å²) in [6.45, 7) is 0.528. The Kier molecular flexibility index (Phi) is 11.7. The third-order valence-electron chi connectivity index (χ3n) is 7.48. The first kappa shape index (κ1) is 32.8. The largest absolute Gasteiger partial charge is 0.493 e. The zero-order valence-corrected chi connectivity index (χ0v) is 25.5. The molecule has 45 heavy (non-hydrogen) atoms. The lowest BCUT2D eigenvalue weighted by atomic mass is 9.93. The number of benzene rings is 4. The van der Waals surface area contributed by atoms with Gasteiger partial charge in [0.2, 0.25) is 0 Å². The van der Waals surface area contributed by atoms with Crippen molar-refractivity contribution in [3.05, 3.63) is 119 Å². The number of amides is 2. The fourth-order valence-electron chi connectivity index (χ4n) is 5.17. The summed E-state index contributed by atoms with van der Waals surface area (Å²) in [7, 11) is 3.11. The van der Waals surface area contributed by atoms with E-state index in [0.717, 1.165) is 11.1 Å². The van der Waals surface area contributed by atoms with Gasteiger partial charge in [-0.15, -0.1) is 0 Å². The summed E-state index contributed by atoms with van der Waals surface area (Å²) in [5, 5.41) is 19.2. The van der Waals surface area contributed by atoms with Crippen LogP contribution >= 0.6 is 0 Å². The van der Waals surface area contributed by atoms with Crippen LogP contribution in [0, 0.1) is 0 Å². The number of carboxylic acid groups (broad SMARTS) is 1. The predicted molar refractivity (Wildman–Crippen MR) is 172 cm³/mol. The fraction of sp³-hybridized carbons (Fsp3) is 0.250. The average molecular weight is 611 g/mol. The van der Waals surface area contributed by atoms with E-state index in [1.54, 1.807) is 73.7 Å². The molecule has 9 nitrogen and oxygen atoms in total. The Labute approximate surface area is 263 Å². The molecule has 9 heteroatoms. The van der Waals surface area contributed by atoms with Gasteiger partial charge in [0.1, 0.15) is 0 Å². The quantitative estimate of drug-likeness (QED) is 0.191. The molecular weight excluding hydrogens is 572 g/mol. The van der Waals surface area contributed by atoms with Gasteiger partial charge in [-0.2, -0.15) is 0 Å². The molecule has 0 fully saturated rings. The molecule has 0 aliphatic carbocycles. The second-order valence-electron chi connectivity index (χ2n) is 10.4. The van der Waals surface area contributed by atoms with Crippen LogP contribution < -0.4 is 9.47 Å². The maximum atomic E-state index is 14.1. The second kappa shape index (κ2) is 16.1. The first-order valence-corrected chi connectivity index (χ1v) is 14.7. The molecule has 0 aromatic heterocycles. The first-order chi connectivity index (χ1) is 21.9. The molecule has 234 valence electrons. The summed E-state index contributed by atoms with van der Waals surface area (Å²) in [6.07, 6.45) is 0.239. The maximum Gasteiger partial charge on any atom is 0.305 e. The zero-order chi connectivity index (χ0) is 32.2. The van der Waals surface area contributed by atoms with E-state index in [0.29, 0.717) is 46.7 Å². The molecule has 0 bridgehead atoms. The van der Waals surface area contributed by atoms with E-state index in [4.69, 9.17) is 9.47 Å². The highest BCUT2D eigenvalue weighted by atomic mass is 16.5. The van der Waals surface area contributed by atoms with Crippen molar-refractivity contribution in [2.45, 2.75) is 19.4 Å². The van der Waals surface area contributed by atoms with Crippen LogP contribution in [0.25, 0.3) is 11.1 Å². The van der Waals surface area contributed by atoms with Gasteiger partial charge >= 0.3 is 5.97 Å².